The number of carbonyl (C=O) groups excluding carboxylic acids is 1. The molecule has 1 spiro atoms. The fourth-order valence-electron chi connectivity index (χ4n) is 5.99. The molecule has 7 heteroatoms. The summed E-state index contributed by atoms with van der Waals surface area (Å²) in [5.74, 6) is 1.37. The van der Waals surface area contributed by atoms with Crippen molar-refractivity contribution in [1.82, 2.24) is 15.5 Å². The van der Waals surface area contributed by atoms with Crippen molar-refractivity contribution in [2.45, 2.75) is 70.1 Å². The third-order valence-corrected chi connectivity index (χ3v) is 7.20. The second kappa shape index (κ2) is 7.95. The van der Waals surface area contributed by atoms with E-state index in [4.69, 9.17) is 15.5 Å². The van der Waals surface area contributed by atoms with Crippen LogP contribution in [0, 0.1) is 11.3 Å². The summed E-state index contributed by atoms with van der Waals surface area (Å²) in [6.07, 6.45) is 8.92. The van der Waals surface area contributed by atoms with Gasteiger partial charge in [0.25, 0.3) is 0 Å². The molecule has 2 saturated heterocycles. The summed E-state index contributed by atoms with van der Waals surface area (Å²) in [5, 5.41) is 7.49. The van der Waals surface area contributed by atoms with Crippen molar-refractivity contribution in [3.63, 3.8) is 0 Å². The number of hydrogen-bond acceptors (Lipinski definition) is 4. The van der Waals surface area contributed by atoms with Crippen molar-refractivity contribution in [2.24, 2.45) is 22.1 Å². The average Bonchev–Trinajstić information content (AvgIpc) is 3.30. The zero-order valence-electron chi connectivity index (χ0n) is 16.6. The van der Waals surface area contributed by atoms with Gasteiger partial charge in [0.2, 0.25) is 5.91 Å². The Morgan fingerprint density at radius 2 is 1.96 bits per heavy atom. The van der Waals surface area contributed by atoms with E-state index in [-0.39, 0.29) is 5.91 Å². The minimum Gasteiger partial charge on any atom is -0.377 e. The molecule has 152 valence electrons. The van der Waals surface area contributed by atoms with E-state index in [9.17, 15) is 4.79 Å². The van der Waals surface area contributed by atoms with Gasteiger partial charge < -0.3 is 21.1 Å². The van der Waals surface area contributed by atoms with Gasteiger partial charge in [-0.15, -0.1) is 0 Å². The number of nitrogens with zero attached hydrogens (tertiary/aromatic N) is 2. The van der Waals surface area contributed by atoms with Crippen LogP contribution >= 0.6 is 0 Å². The molecule has 4 aliphatic rings. The molecule has 7 nitrogen and oxygen atoms in total. The van der Waals surface area contributed by atoms with E-state index in [1.54, 1.807) is 0 Å². The standard InChI is InChI=1S/C20H35N5O2/c1-2-22-19(23-14-5-10-25(11-6-14)13-16(21)26)24-17-15-7-12-27-18(15)20(17)8-3-4-9-20/h14-15,17-18H,2-13H2,1H3,(H2,21,26)(H2,22,23,24). The fourth-order valence-corrected chi connectivity index (χ4v) is 5.99. The Hall–Kier alpha value is -1.34. The van der Waals surface area contributed by atoms with E-state index in [0.29, 0.717) is 36.1 Å². The largest absolute Gasteiger partial charge is 0.377 e. The molecule has 3 unspecified atom stereocenters. The fraction of sp³-hybridized carbons (Fsp3) is 0.900. The molecule has 4 N–H and O–H groups in total. The van der Waals surface area contributed by atoms with Gasteiger partial charge in [-0.1, -0.05) is 12.8 Å². The van der Waals surface area contributed by atoms with Crippen molar-refractivity contribution in [2.75, 3.05) is 32.8 Å². The van der Waals surface area contributed by atoms with Gasteiger partial charge in [0.1, 0.15) is 0 Å². The van der Waals surface area contributed by atoms with E-state index in [0.717, 1.165) is 45.0 Å². The molecule has 0 aromatic carbocycles. The lowest BCUT2D eigenvalue weighted by Gasteiger charge is -2.57. The lowest BCUT2D eigenvalue weighted by atomic mass is 9.54. The summed E-state index contributed by atoms with van der Waals surface area (Å²) in [4.78, 5) is 18.0. The molecule has 2 aliphatic carbocycles. The number of rotatable bonds is 5. The quantitative estimate of drug-likeness (QED) is 0.488. The first-order chi connectivity index (χ1) is 13.1. The second-order valence-corrected chi connectivity index (χ2v) is 8.79. The van der Waals surface area contributed by atoms with Gasteiger partial charge in [-0.25, -0.2) is 0 Å². The zero-order chi connectivity index (χ0) is 18.9. The van der Waals surface area contributed by atoms with Gasteiger partial charge >= 0.3 is 0 Å². The highest BCUT2D eigenvalue weighted by Gasteiger charge is 2.65. The summed E-state index contributed by atoms with van der Waals surface area (Å²) in [5.41, 5.74) is 5.65. The van der Waals surface area contributed by atoms with Crippen LogP contribution < -0.4 is 16.4 Å². The van der Waals surface area contributed by atoms with Gasteiger partial charge in [-0.2, -0.15) is 0 Å². The van der Waals surface area contributed by atoms with Crippen molar-refractivity contribution in [3.8, 4) is 0 Å². The number of nitrogens with two attached hydrogens (primary N) is 1. The van der Waals surface area contributed by atoms with Crippen LogP contribution in [0.1, 0.15) is 51.9 Å². The maximum atomic E-state index is 11.1. The molecular weight excluding hydrogens is 342 g/mol. The van der Waals surface area contributed by atoms with Crippen LogP contribution in [0.2, 0.25) is 0 Å². The molecule has 0 aromatic heterocycles. The van der Waals surface area contributed by atoms with Gasteiger partial charge in [-0.05, 0) is 39.0 Å². The lowest BCUT2D eigenvalue weighted by Crippen LogP contribution is -2.69. The number of ether oxygens (including phenoxy) is 1. The highest BCUT2D eigenvalue weighted by Crippen LogP contribution is 2.60. The van der Waals surface area contributed by atoms with Crippen molar-refractivity contribution in [3.05, 3.63) is 0 Å². The summed E-state index contributed by atoms with van der Waals surface area (Å²) >= 11 is 0. The number of aliphatic imine (C=N–C) groups is 1. The normalized spacial score (nSPS) is 33.7. The molecule has 4 rings (SSSR count). The van der Waals surface area contributed by atoms with Crippen LogP contribution in [0.3, 0.4) is 0 Å². The highest BCUT2D eigenvalue weighted by molar-refractivity contribution is 5.81. The van der Waals surface area contributed by atoms with Gasteiger partial charge in [-0.3, -0.25) is 14.7 Å². The number of fused-ring (bicyclic) bond motifs is 2. The Labute approximate surface area is 162 Å². The summed E-state index contributed by atoms with van der Waals surface area (Å²) in [7, 11) is 0. The number of primary amides is 1. The maximum Gasteiger partial charge on any atom is 0.231 e. The second-order valence-electron chi connectivity index (χ2n) is 8.79. The molecule has 2 heterocycles. The monoisotopic (exact) mass is 377 g/mol. The predicted octanol–water partition coefficient (Wildman–Crippen LogP) is 0.839. The molecule has 0 bridgehead atoms. The molecular formula is C20H35N5O2. The molecule has 2 saturated carbocycles. The minimum atomic E-state index is -0.239. The number of hydrogen-bond donors (Lipinski definition) is 3. The van der Waals surface area contributed by atoms with Gasteiger partial charge in [0.15, 0.2) is 5.96 Å². The smallest absolute Gasteiger partial charge is 0.231 e. The third-order valence-electron chi connectivity index (χ3n) is 7.20. The third kappa shape index (κ3) is 3.68. The molecule has 4 fully saturated rings. The Morgan fingerprint density at radius 3 is 2.63 bits per heavy atom. The average molecular weight is 378 g/mol. The predicted molar refractivity (Wildman–Crippen MR) is 105 cm³/mol. The van der Waals surface area contributed by atoms with Gasteiger partial charge in [0.05, 0.1) is 12.6 Å². The first-order valence-electron chi connectivity index (χ1n) is 10.8. The molecule has 1 amide bonds. The Balaban J connectivity index is 1.35. The molecule has 3 atom stereocenters. The van der Waals surface area contributed by atoms with Crippen LogP contribution in [-0.4, -0.2) is 67.7 Å². The Morgan fingerprint density at radius 1 is 1.22 bits per heavy atom. The molecule has 0 radical (unpaired) electrons. The van der Waals surface area contributed by atoms with Crippen LogP contribution in [0.25, 0.3) is 0 Å². The lowest BCUT2D eigenvalue weighted by molar-refractivity contribution is -0.125. The van der Waals surface area contributed by atoms with Crippen molar-refractivity contribution in [1.29, 1.82) is 0 Å². The van der Waals surface area contributed by atoms with Gasteiger partial charge in [0, 0.05) is 49.7 Å². The number of likely N-dealkylation sites (tertiary alicyclic amines) is 1. The van der Waals surface area contributed by atoms with Crippen molar-refractivity contribution < 1.29 is 9.53 Å². The number of piperidine rings is 1. The van der Waals surface area contributed by atoms with E-state index >= 15 is 0 Å². The van der Waals surface area contributed by atoms with E-state index < -0.39 is 0 Å². The minimum absolute atomic E-state index is 0.239. The van der Waals surface area contributed by atoms with Crippen LogP contribution in [-0.2, 0) is 9.53 Å². The van der Waals surface area contributed by atoms with E-state index in [1.807, 2.05) is 0 Å². The maximum absolute atomic E-state index is 11.1. The molecule has 2 aliphatic heterocycles. The number of amides is 1. The van der Waals surface area contributed by atoms with Crippen LogP contribution in [0.15, 0.2) is 4.99 Å². The first-order valence-corrected chi connectivity index (χ1v) is 10.8. The topological polar surface area (TPSA) is 92.0 Å². The first kappa shape index (κ1) is 19.0. The Bertz CT molecular complexity index is 567. The van der Waals surface area contributed by atoms with E-state index in [2.05, 4.69) is 22.5 Å². The summed E-state index contributed by atoms with van der Waals surface area (Å²) in [6, 6.07) is 0.905. The SMILES string of the molecule is CCN=C(NC1CCN(CC(N)=O)CC1)NC1C2CCOC2C12CCCC2. The van der Waals surface area contributed by atoms with Crippen LogP contribution in [0.5, 0.6) is 0 Å². The number of carbonyl (C=O) groups is 1. The summed E-state index contributed by atoms with van der Waals surface area (Å²) < 4.78 is 6.11. The van der Waals surface area contributed by atoms with E-state index in [1.165, 1.54) is 32.1 Å². The number of guanidine groups is 1. The van der Waals surface area contributed by atoms with Crippen molar-refractivity contribution >= 4 is 11.9 Å². The highest BCUT2D eigenvalue weighted by atomic mass is 16.5. The molecule has 27 heavy (non-hydrogen) atoms. The summed E-state index contributed by atoms with van der Waals surface area (Å²) in [6.45, 7) is 5.97. The van der Waals surface area contributed by atoms with Crippen LogP contribution in [0.4, 0.5) is 0 Å². The number of nitrogens with one attached hydrogen (secondary N) is 2. The zero-order valence-corrected chi connectivity index (χ0v) is 16.6. The Kier molecular flexibility index (Phi) is 5.60. The molecule has 0 aromatic rings.